The Kier molecular flexibility index (Phi) is 3.05. The normalized spacial score (nSPS) is 12.7. The lowest BCUT2D eigenvalue weighted by molar-refractivity contribution is -0.137. The Morgan fingerprint density at radius 2 is 1.94 bits per heavy atom. The van der Waals surface area contributed by atoms with Crippen LogP contribution in [0.4, 0.5) is 13.2 Å². The number of aromatic nitrogens is 2. The van der Waals surface area contributed by atoms with Crippen molar-refractivity contribution in [3.63, 3.8) is 0 Å². The molecule has 0 unspecified atom stereocenters. The van der Waals surface area contributed by atoms with Gasteiger partial charge in [-0.05, 0) is 18.9 Å². The molecule has 98 valence electrons. The van der Waals surface area contributed by atoms with Gasteiger partial charge in [-0.2, -0.15) is 13.2 Å². The summed E-state index contributed by atoms with van der Waals surface area (Å²) >= 11 is 5.87. The minimum Gasteiger partial charge on any atom is -0.302 e. The van der Waals surface area contributed by atoms with Crippen LogP contribution in [-0.2, 0) is 6.18 Å². The highest BCUT2D eigenvalue weighted by Crippen LogP contribution is 2.33. The average molecular weight is 277 g/mol. The van der Waals surface area contributed by atoms with E-state index in [2.05, 4.69) is 4.98 Å². The number of aryl methyl sites for hydroxylation is 1. The van der Waals surface area contributed by atoms with Gasteiger partial charge in [0.25, 0.3) is 0 Å². The fourth-order valence-corrected chi connectivity index (χ4v) is 2.19. The van der Waals surface area contributed by atoms with Gasteiger partial charge in [-0.25, -0.2) is 4.98 Å². The minimum atomic E-state index is -4.41. The molecule has 0 saturated carbocycles. The third-order valence-corrected chi connectivity index (χ3v) is 3.10. The smallest absolute Gasteiger partial charge is 0.302 e. The molecular weight excluding hydrogens is 265 g/mol. The van der Waals surface area contributed by atoms with Crippen LogP contribution < -0.4 is 0 Å². The molecule has 2 aromatic rings. The van der Waals surface area contributed by atoms with E-state index in [0.29, 0.717) is 11.3 Å². The van der Waals surface area contributed by atoms with E-state index in [9.17, 15) is 13.2 Å². The molecule has 2 rings (SSSR count). The Morgan fingerprint density at radius 1 is 1.33 bits per heavy atom. The first-order chi connectivity index (χ1) is 8.21. The van der Waals surface area contributed by atoms with Crippen molar-refractivity contribution in [1.82, 2.24) is 9.38 Å². The Balaban J connectivity index is 2.76. The third kappa shape index (κ3) is 2.07. The Labute approximate surface area is 107 Å². The fraction of sp³-hybridized carbons (Fsp3) is 0.417. The lowest BCUT2D eigenvalue weighted by Gasteiger charge is -2.08. The lowest BCUT2D eigenvalue weighted by Crippen LogP contribution is -2.07. The number of alkyl halides is 3. The second-order valence-electron chi connectivity index (χ2n) is 4.51. The molecule has 0 amide bonds. The Morgan fingerprint density at radius 3 is 2.44 bits per heavy atom. The van der Waals surface area contributed by atoms with Gasteiger partial charge in [0, 0.05) is 11.9 Å². The summed E-state index contributed by atoms with van der Waals surface area (Å²) in [5.74, 6) is 0.135. The number of rotatable bonds is 1. The van der Waals surface area contributed by atoms with E-state index >= 15 is 0 Å². The molecule has 0 radical (unpaired) electrons. The second-order valence-corrected chi connectivity index (χ2v) is 4.91. The molecule has 18 heavy (non-hydrogen) atoms. The van der Waals surface area contributed by atoms with Gasteiger partial charge in [0.2, 0.25) is 0 Å². The van der Waals surface area contributed by atoms with Gasteiger partial charge >= 0.3 is 6.18 Å². The molecule has 0 aromatic carbocycles. The molecule has 0 N–H and O–H groups in total. The zero-order valence-electron chi connectivity index (χ0n) is 10.1. The van der Waals surface area contributed by atoms with Gasteiger partial charge in [0.15, 0.2) is 5.65 Å². The number of halogens is 4. The van der Waals surface area contributed by atoms with Gasteiger partial charge in [0.05, 0.1) is 16.3 Å². The third-order valence-electron chi connectivity index (χ3n) is 2.82. The monoisotopic (exact) mass is 276 g/mol. The van der Waals surface area contributed by atoms with Crippen molar-refractivity contribution < 1.29 is 13.2 Å². The largest absolute Gasteiger partial charge is 0.417 e. The zero-order valence-corrected chi connectivity index (χ0v) is 10.9. The number of hydrogen-bond donors (Lipinski definition) is 0. The first-order valence-corrected chi connectivity index (χ1v) is 5.85. The van der Waals surface area contributed by atoms with Crippen molar-refractivity contribution in [2.24, 2.45) is 0 Å². The number of hydrogen-bond acceptors (Lipinski definition) is 1. The summed E-state index contributed by atoms with van der Waals surface area (Å²) in [5.41, 5.74) is 1.05. The van der Waals surface area contributed by atoms with Gasteiger partial charge in [0.1, 0.15) is 0 Å². The van der Waals surface area contributed by atoms with Crippen molar-refractivity contribution in [3.05, 3.63) is 34.2 Å². The molecular formula is C12H12ClF3N2. The average Bonchev–Trinajstić information content (AvgIpc) is 2.56. The molecule has 6 heteroatoms. The van der Waals surface area contributed by atoms with Gasteiger partial charge in [-0.1, -0.05) is 25.4 Å². The summed E-state index contributed by atoms with van der Waals surface area (Å²) in [6, 6.07) is 0.910. The molecule has 0 spiro atoms. The van der Waals surface area contributed by atoms with Crippen LogP contribution in [0.3, 0.4) is 0 Å². The number of fused-ring (bicyclic) bond motifs is 1. The van der Waals surface area contributed by atoms with Crippen LogP contribution in [0, 0.1) is 6.92 Å². The van der Waals surface area contributed by atoms with Crippen molar-refractivity contribution in [2.45, 2.75) is 32.9 Å². The summed E-state index contributed by atoms with van der Waals surface area (Å²) in [4.78, 5) is 4.30. The molecule has 0 bridgehead atoms. The molecule has 0 aliphatic carbocycles. The van der Waals surface area contributed by atoms with E-state index in [1.807, 2.05) is 13.8 Å². The highest BCUT2D eigenvalue weighted by molar-refractivity contribution is 6.33. The standard InChI is InChI=1S/C12H12ClF3N2/c1-6(2)10-7(3)18-5-8(12(14,15)16)4-9(13)11(18)17-10/h4-6H,1-3H3. The lowest BCUT2D eigenvalue weighted by atomic mass is 10.1. The van der Waals surface area contributed by atoms with Crippen LogP contribution in [-0.4, -0.2) is 9.38 Å². The van der Waals surface area contributed by atoms with Crippen LogP contribution in [0.25, 0.3) is 5.65 Å². The van der Waals surface area contributed by atoms with E-state index in [4.69, 9.17) is 11.6 Å². The molecule has 0 fully saturated rings. The highest BCUT2D eigenvalue weighted by Gasteiger charge is 2.32. The van der Waals surface area contributed by atoms with Crippen LogP contribution >= 0.6 is 11.6 Å². The molecule has 0 aliphatic rings. The van der Waals surface area contributed by atoms with E-state index in [1.165, 1.54) is 4.40 Å². The highest BCUT2D eigenvalue weighted by atomic mass is 35.5. The molecule has 0 saturated heterocycles. The molecule has 2 nitrogen and oxygen atoms in total. The molecule has 0 aliphatic heterocycles. The van der Waals surface area contributed by atoms with Crippen LogP contribution in [0.15, 0.2) is 12.3 Å². The molecule has 0 atom stereocenters. The maximum Gasteiger partial charge on any atom is 0.417 e. The Hall–Kier alpha value is -1.23. The van der Waals surface area contributed by atoms with Crippen LogP contribution in [0.1, 0.15) is 36.7 Å². The topological polar surface area (TPSA) is 17.3 Å². The summed E-state index contributed by atoms with van der Waals surface area (Å²) in [5, 5.41) is 0.0137. The summed E-state index contributed by atoms with van der Waals surface area (Å²) < 4.78 is 39.5. The molecule has 2 heterocycles. The Bertz CT molecular complexity index is 599. The predicted molar refractivity (Wildman–Crippen MR) is 64.0 cm³/mol. The van der Waals surface area contributed by atoms with E-state index in [0.717, 1.165) is 18.0 Å². The summed E-state index contributed by atoms with van der Waals surface area (Å²) in [6.45, 7) is 5.62. The van der Waals surface area contributed by atoms with Crippen molar-refractivity contribution in [2.75, 3.05) is 0 Å². The number of nitrogens with zero attached hydrogens (tertiary/aromatic N) is 2. The first kappa shape index (κ1) is 13.2. The SMILES string of the molecule is Cc1c(C(C)C)nc2c(Cl)cc(C(F)(F)F)cn12. The van der Waals surface area contributed by atoms with Gasteiger partial charge in [-0.3, -0.25) is 0 Å². The number of imidazole rings is 1. The zero-order chi connectivity index (χ0) is 13.7. The van der Waals surface area contributed by atoms with Crippen molar-refractivity contribution in [1.29, 1.82) is 0 Å². The first-order valence-electron chi connectivity index (χ1n) is 5.47. The summed E-state index contributed by atoms with van der Waals surface area (Å²) in [7, 11) is 0. The van der Waals surface area contributed by atoms with Crippen LogP contribution in [0.2, 0.25) is 5.02 Å². The van der Waals surface area contributed by atoms with Crippen LogP contribution in [0.5, 0.6) is 0 Å². The predicted octanol–water partition coefficient (Wildman–Crippen LogP) is 4.44. The summed E-state index contributed by atoms with van der Waals surface area (Å²) in [6.07, 6.45) is -3.37. The van der Waals surface area contributed by atoms with Gasteiger partial charge in [-0.15, -0.1) is 0 Å². The fourth-order valence-electron chi connectivity index (χ4n) is 1.94. The van der Waals surface area contributed by atoms with E-state index in [-0.39, 0.29) is 10.9 Å². The minimum absolute atomic E-state index is 0.0137. The second kappa shape index (κ2) is 4.16. The number of pyridine rings is 1. The quantitative estimate of drug-likeness (QED) is 0.753. The van der Waals surface area contributed by atoms with E-state index in [1.54, 1.807) is 6.92 Å². The maximum atomic E-state index is 12.7. The van der Waals surface area contributed by atoms with Crippen molar-refractivity contribution >= 4 is 17.2 Å². The molecule has 2 aromatic heterocycles. The van der Waals surface area contributed by atoms with Gasteiger partial charge < -0.3 is 4.40 Å². The van der Waals surface area contributed by atoms with E-state index < -0.39 is 11.7 Å². The maximum absolute atomic E-state index is 12.7. The van der Waals surface area contributed by atoms with Crippen molar-refractivity contribution in [3.8, 4) is 0 Å².